The molecular weight excluding hydrogens is 406 g/mol. The fourth-order valence-corrected chi connectivity index (χ4v) is 3.82. The number of benzene rings is 1. The van der Waals surface area contributed by atoms with Crippen molar-refractivity contribution in [2.24, 2.45) is 7.05 Å². The molecule has 30 heavy (non-hydrogen) atoms. The lowest BCUT2D eigenvalue weighted by Gasteiger charge is -2.16. The minimum atomic E-state index is -0.752. The molecule has 5 rings (SSSR count). The Hall–Kier alpha value is -3.07. The van der Waals surface area contributed by atoms with E-state index < -0.39 is 12.1 Å². The molecule has 1 aromatic carbocycles. The van der Waals surface area contributed by atoms with Gasteiger partial charge in [-0.05, 0) is 18.2 Å². The molecule has 0 saturated carbocycles. The van der Waals surface area contributed by atoms with Gasteiger partial charge in [-0.15, -0.1) is 0 Å². The lowest BCUT2D eigenvalue weighted by atomic mass is 10.1. The highest BCUT2D eigenvalue weighted by atomic mass is 35.5. The molecule has 4 heterocycles. The van der Waals surface area contributed by atoms with Gasteiger partial charge in [-0.2, -0.15) is 5.10 Å². The van der Waals surface area contributed by atoms with Crippen LogP contribution in [0.15, 0.2) is 53.8 Å². The highest BCUT2D eigenvalue weighted by Gasteiger charge is 2.29. The number of pyridine rings is 1. The zero-order valence-corrected chi connectivity index (χ0v) is 16.8. The van der Waals surface area contributed by atoms with Gasteiger partial charge in [0.05, 0.1) is 42.9 Å². The van der Waals surface area contributed by atoms with Crippen molar-refractivity contribution in [3.05, 3.63) is 64.4 Å². The molecule has 3 aromatic heterocycles. The largest absolute Gasteiger partial charge is 0.388 e. The van der Waals surface area contributed by atoms with Gasteiger partial charge < -0.3 is 9.84 Å². The molecule has 4 aromatic rings. The van der Waals surface area contributed by atoms with Crippen LogP contribution in [0.25, 0.3) is 33.4 Å². The van der Waals surface area contributed by atoms with Crippen molar-refractivity contribution < 1.29 is 9.84 Å². The molecule has 0 aliphatic carbocycles. The monoisotopic (exact) mass is 423 g/mol. The lowest BCUT2D eigenvalue weighted by Crippen LogP contribution is -2.32. The Kier molecular flexibility index (Phi) is 4.62. The highest BCUT2D eigenvalue weighted by Crippen LogP contribution is 2.29. The van der Waals surface area contributed by atoms with Gasteiger partial charge in [0, 0.05) is 29.4 Å². The number of aryl methyl sites for hydroxylation is 1. The Morgan fingerprint density at radius 2 is 2.00 bits per heavy atom. The molecular formula is C21H18ClN5O3. The van der Waals surface area contributed by atoms with Gasteiger partial charge in [-0.3, -0.25) is 14.0 Å². The SMILES string of the molecule is Cn1cc(-c2nc(-c3ccc(Cl)cc3)cc3c(=O)n([C@H]4COC[C@H]4O)cnc23)cn1. The smallest absolute Gasteiger partial charge is 0.261 e. The van der Waals surface area contributed by atoms with E-state index in [1.165, 1.54) is 10.9 Å². The standard InChI is InChI=1S/C21H18ClN5O3/c1-26-8-13(7-24-26)19-20-15(6-16(25-19)12-2-4-14(22)5-3-12)21(29)27(11-23-20)17-9-30-10-18(17)28/h2-8,11,17-18,28H,9-10H2,1H3/t17-,18+/m0/s1. The second-order valence-corrected chi connectivity index (χ2v) is 7.73. The zero-order chi connectivity index (χ0) is 20.8. The Morgan fingerprint density at radius 3 is 2.67 bits per heavy atom. The van der Waals surface area contributed by atoms with Gasteiger partial charge >= 0.3 is 0 Å². The first-order valence-electron chi connectivity index (χ1n) is 9.44. The first-order valence-corrected chi connectivity index (χ1v) is 9.82. The molecule has 152 valence electrons. The first kappa shape index (κ1) is 18.9. The topological polar surface area (TPSA) is 95.1 Å². The van der Waals surface area contributed by atoms with E-state index in [-0.39, 0.29) is 18.8 Å². The van der Waals surface area contributed by atoms with Crippen LogP contribution in [0.2, 0.25) is 5.02 Å². The minimum Gasteiger partial charge on any atom is -0.388 e. The van der Waals surface area contributed by atoms with E-state index in [1.54, 1.807) is 29.1 Å². The van der Waals surface area contributed by atoms with Crippen molar-refractivity contribution >= 4 is 22.5 Å². The van der Waals surface area contributed by atoms with Gasteiger partial charge in [0.1, 0.15) is 17.3 Å². The number of halogens is 1. The third kappa shape index (κ3) is 3.19. The maximum Gasteiger partial charge on any atom is 0.261 e. The molecule has 0 amide bonds. The predicted octanol–water partition coefficient (Wildman–Crippen LogP) is 2.44. The average molecular weight is 424 g/mol. The summed E-state index contributed by atoms with van der Waals surface area (Å²) in [4.78, 5) is 22.7. The Labute approximate surface area is 176 Å². The van der Waals surface area contributed by atoms with Gasteiger partial charge in [0.25, 0.3) is 5.56 Å². The van der Waals surface area contributed by atoms with E-state index in [9.17, 15) is 9.90 Å². The van der Waals surface area contributed by atoms with Gasteiger partial charge in [-0.1, -0.05) is 23.7 Å². The summed E-state index contributed by atoms with van der Waals surface area (Å²) >= 11 is 6.03. The van der Waals surface area contributed by atoms with Crippen LogP contribution in [0.1, 0.15) is 6.04 Å². The van der Waals surface area contributed by atoms with Crippen LogP contribution in [-0.4, -0.2) is 48.7 Å². The Bertz CT molecular complexity index is 1300. The summed E-state index contributed by atoms with van der Waals surface area (Å²) in [5, 5.41) is 15.4. The van der Waals surface area contributed by atoms with E-state index in [0.717, 1.165) is 11.1 Å². The van der Waals surface area contributed by atoms with E-state index in [0.29, 0.717) is 27.3 Å². The number of nitrogens with zero attached hydrogens (tertiary/aromatic N) is 5. The molecule has 0 bridgehead atoms. The summed E-state index contributed by atoms with van der Waals surface area (Å²) in [6.07, 6.45) is 4.22. The molecule has 1 N–H and O–H groups in total. The zero-order valence-electron chi connectivity index (χ0n) is 16.1. The fraction of sp³-hybridized carbons (Fsp3) is 0.238. The van der Waals surface area contributed by atoms with E-state index >= 15 is 0 Å². The molecule has 9 heteroatoms. The van der Waals surface area contributed by atoms with Crippen molar-refractivity contribution in [3.63, 3.8) is 0 Å². The maximum atomic E-state index is 13.4. The molecule has 2 atom stereocenters. The van der Waals surface area contributed by atoms with Crippen molar-refractivity contribution in [1.82, 2.24) is 24.3 Å². The molecule has 1 saturated heterocycles. The highest BCUT2D eigenvalue weighted by molar-refractivity contribution is 6.30. The average Bonchev–Trinajstić information content (AvgIpc) is 3.36. The summed E-state index contributed by atoms with van der Waals surface area (Å²) in [6.45, 7) is 0.460. The van der Waals surface area contributed by atoms with E-state index in [2.05, 4.69) is 10.1 Å². The van der Waals surface area contributed by atoms with Crippen LogP contribution in [0.4, 0.5) is 0 Å². The molecule has 0 unspecified atom stereocenters. The number of ether oxygens (including phenoxy) is 1. The van der Waals surface area contributed by atoms with E-state index in [4.69, 9.17) is 21.3 Å². The third-order valence-corrected chi connectivity index (χ3v) is 5.52. The van der Waals surface area contributed by atoms with Crippen LogP contribution in [0.3, 0.4) is 0 Å². The summed E-state index contributed by atoms with van der Waals surface area (Å²) in [5.41, 5.74) is 3.00. The number of aliphatic hydroxyl groups is 1. The van der Waals surface area contributed by atoms with Crippen LogP contribution < -0.4 is 5.56 Å². The summed E-state index contributed by atoms with van der Waals surface area (Å²) in [5.74, 6) is 0. The van der Waals surface area contributed by atoms with Crippen LogP contribution in [-0.2, 0) is 11.8 Å². The Morgan fingerprint density at radius 1 is 1.20 bits per heavy atom. The van der Waals surface area contributed by atoms with Crippen molar-refractivity contribution in [3.8, 4) is 22.5 Å². The van der Waals surface area contributed by atoms with Crippen molar-refractivity contribution in [2.45, 2.75) is 12.1 Å². The molecule has 1 aliphatic heterocycles. The normalized spacial score (nSPS) is 18.9. The minimum absolute atomic E-state index is 0.197. The summed E-state index contributed by atoms with van der Waals surface area (Å²) in [7, 11) is 1.82. The van der Waals surface area contributed by atoms with Crippen molar-refractivity contribution in [2.75, 3.05) is 13.2 Å². The molecule has 1 aliphatic rings. The van der Waals surface area contributed by atoms with Gasteiger partial charge in [0.15, 0.2) is 0 Å². The quantitative estimate of drug-likeness (QED) is 0.544. The van der Waals surface area contributed by atoms with Crippen molar-refractivity contribution in [1.29, 1.82) is 0 Å². The number of hydrogen-bond donors (Lipinski definition) is 1. The second-order valence-electron chi connectivity index (χ2n) is 7.29. The fourth-order valence-electron chi connectivity index (χ4n) is 3.69. The molecule has 0 radical (unpaired) electrons. The number of fused-ring (bicyclic) bond motifs is 1. The number of rotatable bonds is 3. The second kappa shape index (κ2) is 7.32. The number of aromatic nitrogens is 5. The van der Waals surface area contributed by atoms with Crippen LogP contribution in [0, 0.1) is 0 Å². The third-order valence-electron chi connectivity index (χ3n) is 5.27. The summed E-state index contributed by atoms with van der Waals surface area (Å²) < 4.78 is 8.43. The Balaban J connectivity index is 1.78. The first-order chi connectivity index (χ1) is 14.5. The van der Waals surface area contributed by atoms with E-state index in [1.807, 2.05) is 25.4 Å². The predicted molar refractivity (Wildman–Crippen MR) is 112 cm³/mol. The summed E-state index contributed by atoms with van der Waals surface area (Å²) in [6, 6.07) is 8.52. The van der Waals surface area contributed by atoms with Crippen LogP contribution in [0.5, 0.6) is 0 Å². The van der Waals surface area contributed by atoms with Gasteiger partial charge in [0.2, 0.25) is 0 Å². The lowest BCUT2D eigenvalue weighted by molar-refractivity contribution is 0.119. The number of hydrogen-bond acceptors (Lipinski definition) is 6. The molecule has 1 fully saturated rings. The number of aliphatic hydroxyl groups excluding tert-OH is 1. The van der Waals surface area contributed by atoms with Crippen LogP contribution >= 0.6 is 11.6 Å². The maximum absolute atomic E-state index is 13.4. The molecule has 0 spiro atoms. The molecule has 8 nitrogen and oxygen atoms in total. The van der Waals surface area contributed by atoms with Gasteiger partial charge in [-0.25, -0.2) is 9.97 Å².